The Balaban J connectivity index is 2.27. The topological polar surface area (TPSA) is 40.6 Å². The summed E-state index contributed by atoms with van der Waals surface area (Å²) >= 11 is 4.59. The van der Waals surface area contributed by atoms with Crippen molar-refractivity contribution in [3.05, 3.63) is 15.9 Å². The monoisotopic (exact) mass is 352 g/mol. The van der Waals surface area contributed by atoms with Gasteiger partial charge in [-0.25, -0.2) is 8.42 Å². The standard InChI is InChI=1S/C11H17BrN2O2S2/c1-13(2)8-9-4-3-6-14(9)18(15,16)11-10(12)5-7-17-11/h5,7,9H,3-4,6,8H2,1-2H3. The SMILES string of the molecule is CN(C)CC1CCCN1S(=O)(=O)c1sccc1Br. The lowest BCUT2D eigenvalue weighted by molar-refractivity contribution is 0.291. The normalized spacial score (nSPS) is 21.9. The zero-order chi connectivity index (χ0) is 13.3. The minimum absolute atomic E-state index is 0.0963. The largest absolute Gasteiger partial charge is 0.308 e. The van der Waals surface area contributed by atoms with Crippen molar-refractivity contribution in [2.75, 3.05) is 27.2 Å². The van der Waals surface area contributed by atoms with E-state index in [1.807, 2.05) is 19.0 Å². The summed E-state index contributed by atoms with van der Waals surface area (Å²) in [6, 6.07) is 1.88. The van der Waals surface area contributed by atoms with E-state index in [2.05, 4.69) is 15.9 Å². The number of hydrogen-bond donors (Lipinski definition) is 0. The first-order valence-electron chi connectivity index (χ1n) is 5.82. The third-order valence-electron chi connectivity index (χ3n) is 3.03. The second kappa shape index (κ2) is 5.58. The zero-order valence-corrected chi connectivity index (χ0v) is 13.7. The van der Waals surface area contributed by atoms with Crippen LogP contribution in [-0.4, -0.2) is 50.8 Å². The highest BCUT2D eigenvalue weighted by molar-refractivity contribution is 9.10. The van der Waals surface area contributed by atoms with Gasteiger partial charge < -0.3 is 4.90 Å². The van der Waals surface area contributed by atoms with Crippen molar-refractivity contribution in [2.24, 2.45) is 0 Å². The molecule has 0 aliphatic carbocycles. The fourth-order valence-electron chi connectivity index (χ4n) is 2.30. The number of likely N-dealkylation sites (N-methyl/N-ethyl adjacent to an activating group) is 1. The predicted molar refractivity (Wildman–Crippen MR) is 77.5 cm³/mol. The number of hydrogen-bond acceptors (Lipinski definition) is 4. The molecular formula is C11H17BrN2O2S2. The summed E-state index contributed by atoms with van der Waals surface area (Å²) in [5.41, 5.74) is 0. The van der Waals surface area contributed by atoms with Crippen LogP contribution in [0, 0.1) is 0 Å². The summed E-state index contributed by atoms with van der Waals surface area (Å²) < 4.78 is 27.9. The van der Waals surface area contributed by atoms with Gasteiger partial charge in [-0.05, 0) is 54.3 Å². The lowest BCUT2D eigenvalue weighted by Gasteiger charge is -2.26. The summed E-state index contributed by atoms with van der Waals surface area (Å²) in [6.45, 7) is 1.41. The smallest absolute Gasteiger partial charge is 0.253 e. The molecule has 0 bridgehead atoms. The van der Waals surface area contributed by atoms with E-state index < -0.39 is 10.0 Å². The summed E-state index contributed by atoms with van der Waals surface area (Å²) in [6.07, 6.45) is 1.89. The predicted octanol–water partition coefficient (Wildman–Crippen LogP) is 2.23. The molecule has 18 heavy (non-hydrogen) atoms. The summed E-state index contributed by atoms with van der Waals surface area (Å²) in [7, 11) is 0.610. The molecule has 0 saturated carbocycles. The van der Waals surface area contributed by atoms with Crippen molar-refractivity contribution in [3.63, 3.8) is 0 Å². The van der Waals surface area contributed by atoms with Gasteiger partial charge in [0, 0.05) is 23.6 Å². The van der Waals surface area contributed by atoms with Crippen LogP contribution in [0.1, 0.15) is 12.8 Å². The van der Waals surface area contributed by atoms with E-state index in [0.717, 1.165) is 19.4 Å². The van der Waals surface area contributed by atoms with E-state index in [4.69, 9.17) is 0 Å². The van der Waals surface area contributed by atoms with Crippen LogP contribution in [0.5, 0.6) is 0 Å². The number of halogens is 1. The molecule has 0 N–H and O–H groups in total. The van der Waals surface area contributed by atoms with Crippen molar-refractivity contribution in [1.82, 2.24) is 9.21 Å². The van der Waals surface area contributed by atoms with Gasteiger partial charge in [-0.3, -0.25) is 0 Å². The van der Waals surface area contributed by atoms with Crippen LogP contribution in [0.4, 0.5) is 0 Å². The molecular weight excluding hydrogens is 336 g/mol. The van der Waals surface area contributed by atoms with E-state index in [-0.39, 0.29) is 6.04 Å². The molecule has 0 radical (unpaired) electrons. The highest BCUT2D eigenvalue weighted by Crippen LogP contribution is 2.33. The van der Waals surface area contributed by atoms with E-state index >= 15 is 0 Å². The Labute approximate surface area is 121 Å². The zero-order valence-electron chi connectivity index (χ0n) is 10.5. The molecule has 102 valence electrons. The Kier molecular flexibility index (Phi) is 4.48. The minimum Gasteiger partial charge on any atom is -0.308 e. The van der Waals surface area contributed by atoms with Gasteiger partial charge >= 0.3 is 0 Å². The second-order valence-corrected chi connectivity index (χ2v) is 8.59. The van der Waals surface area contributed by atoms with Gasteiger partial charge in [-0.15, -0.1) is 11.3 Å². The molecule has 1 saturated heterocycles. The quantitative estimate of drug-likeness (QED) is 0.834. The van der Waals surface area contributed by atoms with Gasteiger partial charge in [0.25, 0.3) is 10.0 Å². The number of nitrogens with zero attached hydrogens (tertiary/aromatic N) is 2. The highest BCUT2D eigenvalue weighted by atomic mass is 79.9. The molecule has 4 nitrogen and oxygen atoms in total. The van der Waals surface area contributed by atoms with Gasteiger partial charge in [-0.1, -0.05) is 0 Å². The maximum absolute atomic E-state index is 12.6. The molecule has 1 aliphatic heterocycles. The lowest BCUT2D eigenvalue weighted by atomic mass is 10.2. The minimum atomic E-state index is -3.34. The Hall–Kier alpha value is 0.0500. The first-order chi connectivity index (χ1) is 8.43. The van der Waals surface area contributed by atoms with Crippen molar-refractivity contribution in [1.29, 1.82) is 0 Å². The van der Waals surface area contributed by atoms with E-state index in [0.29, 0.717) is 15.2 Å². The fraction of sp³-hybridized carbons (Fsp3) is 0.636. The molecule has 1 fully saturated rings. The summed E-state index contributed by atoms with van der Waals surface area (Å²) in [5.74, 6) is 0. The van der Waals surface area contributed by atoms with Crippen molar-refractivity contribution >= 4 is 37.3 Å². The van der Waals surface area contributed by atoms with Gasteiger partial charge in [0.15, 0.2) is 0 Å². The first-order valence-corrected chi connectivity index (χ1v) is 8.94. The van der Waals surface area contributed by atoms with Crippen molar-refractivity contribution < 1.29 is 8.42 Å². The third kappa shape index (κ3) is 2.80. The average molecular weight is 353 g/mol. The van der Waals surface area contributed by atoms with Crippen LogP contribution in [0.15, 0.2) is 20.1 Å². The molecule has 2 rings (SSSR count). The van der Waals surface area contributed by atoms with Gasteiger partial charge in [0.2, 0.25) is 0 Å². The van der Waals surface area contributed by atoms with Gasteiger partial charge in [0.1, 0.15) is 4.21 Å². The molecule has 7 heteroatoms. The molecule has 0 aromatic carbocycles. The maximum atomic E-state index is 12.6. The van der Waals surface area contributed by atoms with Gasteiger partial charge in [-0.2, -0.15) is 4.31 Å². The van der Waals surface area contributed by atoms with Crippen LogP contribution in [-0.2, 0) is 10.0 Å². The molecule has 1 unspecified atom stereocenters. The second-order valence-electron chi connectivity index (χ2n) is 4.73. The Morgan fingerprint density at radius 1 is 1.56 bits per heavy atom. The third-order valence-corrected chi connectivity index (χ3v) is 7.63. The molecule has 1 aromatic heterocycles. The van der Waals surface area contributed by atoms with Crippen LogP contribution in [0.2, 0.25) is 0 Å². The van der Waals surface area contributed by atoms with Crippen LogP contribution in [0.25, 0.3) is 0 Å². The van der Waals surface area contributed by atoms with E-state index in [9.17, 15) is 8.42 Å². The Bertz CT molecular complexity index is 513. The van der Waals surface area contributed by atoms with Crippen molar-refractivity contribution in [2.45, 2.75) is 23.1 Å². The van der Waals surface area contributed by atoms with Crippen molar-refractivity contribution in [3.8, 4) is 0 Å². The lowest BCUT2D eigenvalue weighted by Crippen LogP contribution is -2.41. The molecule has 1 aromatic rings. The molecule has 0 amide bonds. The highest BCUT2D eigenvalue weighted by Gasteiger charge is 2.36. The Morgan fingerprint density at radius 3 is 2.83 bits per heavy atom. The maximum Gasteiger partial charge on any atom is 0.253 e. The molecule has 0 spiro atoms. The van der Waals surface area contributed by atoms with E-state index in [1.165, 1.54) is 11.3 Å². The number of thiophene rings is 1. The van der Waals surface area contributed by atoms with Crippen LogP contribution < -0.4 is 0 Å². The molecule has 1 aliphatic rings. The number of sulfonamides is 1. The number of rotatable bonds is 4. The summed E-state index contributed by atoms with van der Waals surface area (Å²) in [5, 5.41) is 1.80. The van der Waals surface area contributed by atoms with Crippen LogP contribution in [0.3, 0.4) is 0 Å². The molecule has 2 heterocycles. The van der Waals surface area contributed by atoms with Gasteiger partial charge in [0.05, 0.1) is 0 Å². The Morgan fingerprint density at radius 2 is 2.28 bits per heavy atom. The fourth-order valence-corrected chi connectivity index (χ4v) is 6.41. The average Bonchev–Trinajstić information content (AvgIpc) is 2.86. The first kappa shape index (κ1) is 14.5. The molecule has 1 atom stereocenters. The summed E-state index contributed by atoms with van der Waals surface area (Å²) in [4.78, 5) is 2.04. The van der Waals surface area contributed by atoms with Crippen LogP contribution >= 0.6 is 27.3 Å². The van der Waals surface area contributed by atoms with E-state index in [1.54, 1.807) is 15.8 Å².